The fraction of sp³-hybridized carbons (Fsp3) is 0.0714. The molecule has 5 nitrogen and oxygen atoms in total. The molecule has 2 aromatic carbocycles. The molecule has 0 radical (unpaired) electrons. The lowest BCUT2D eigenvalue weighted by molar-refractivity contribution is 0.0600. The van der Waals surface area contributed by atoms with E-state index in [1.165, 1.54) is 37.4 Å². The molecule has 0 atom stereocenters. The number of nitrogens with one attached hydrogen (secondary N) is 1. The van der Waals surface area contributed by atoms with Gasteiger partial charge in [-0.15, -0.1) is 0 Å². The molecule has 0 amide bonds. The predicted molar refractivity (Wildman–Crippen MR) is 90.1 cm³/mol. The summed E-state index contributed by atoms with van der Waals surface area (Å²) < 4.78 is 31.7. The van der Waals surface area contributed by atoms with Crippen LogP contribution in [0.3, 0.4) is 0 Å². The van der Waals surface area contributed by atoms with E-state index in [1.54, 1.807) is 0 Å². The van der Waals surface area contributed by atoms with Crippen molar-refractivity contribution in [1.29, 1.82) is 0 Å². The number of halogens is 3. The summed E-state index contributed by atoms with van der Waals surface area (Å²) in [6, 6.07) is 8.04. The van der Waals surface area contributed by atoms with Gasteiger partial charge in [0.05, 0.1) is 33.3 Å². The van der Waals surface area contributed by atoms with E-state index in [1.807, 2.05) is 0 Å². The molecule has 0 aliphatic rings. The molecule has 0 bridgehead atoms. The summed E-state index contributed by atoms with van der Waals surface area (Å²) in [4.78, 5) is 11.4. The number of ether oxygens (including phenoxy) is 1. The Morgan fingerprint density at radius 3 is 2.35 bits per heavy atom. The zero-order valence-electron chi connectivity index (χ0n) is 11.6. The zero-order chi connectivity index (χ0) is 17.2. The Morgan fingerprint density at radius 2 is 1.70 bits per heavy atom. The molecule has 0 saturated heterocycles. The van der Waals surface area contributed by atoms with Gasteiger partial charge in [0.1, 0.15) is 0 Å². The number of sulfonamides is 1. The average molecular weight is 395 g/mol. The van der Waals surface area contributed by atoms with Crippen molar-refractivity contribution in [2.24, 2.45) is 0 Å². The fourth-order valence-electron chi connectivity index (χ4n) is 1.72. The molecule has 122 valence electrons. The van der Waals surface area contributed by atoms with E-state index in [2.05, 4.69) is 9.46 Å². The molecule has 2 rings (SSSR count). The molecule has 23 heavy (non-hydrogen) atoms. The highest BCUT2D eigenvalue weighted by Crippen LogP contribution is 2.29. The first-order valence-electron chi connectivity index (χ1n) is 6.10. The molecule has 0 fully saturated rings. The van der Waals surface area contributed by atoms with E-state index in [-0.39, 0.29) is 26.2 Å². The number of anilines is 1. The van der Waals surface area contributed by atoms with E-state index in [4.69, 9.17) is 34.8 Å². The first kappa shape index (κ1) is 17.9. The highest BCUT2D eigenvalue weighted by molar-refractivity contribution is 7.92. The Labute approximate surface area is 148 Å². The molecule has 0 aliphatic heterocycles. The van der Waals surface area contributed by atoms with E-state index < -0.39 is 16.0 Å². The molecule has 0 saturated carbocycles. The van der Waals surface area contributed by atoms with Crippen LogP contribution < -0.4 is 4.72 Å². The van der Waals surface area contributed by atoms with E-state index in [0.717, 1.165) is 6.07 Å². The van der Waals surface area contributed by atoms with Crippen molar-refractivity contribution >= 4 is 56.5 Å². The molecular weight excluding hydrogens is 385 g/mol. The lowest BCUT2D eigenvalue weighted by Gasteiger charge is -2.11. The van der Waals surface area contributed by atoms with E-state index in [9.17, 15) is 13.2 Å². The van der Waals surface area contributed by atoms with Crippen LogP contribution in [-0.2, 0) is 14.8 Å². The number of hydrogen-bond donors (Lipinski definition) is 1. The smallest absolute Gasteiger partial charge is 0.339 e. The highest BCUT2D eigenvalue weighted by Gasteiger charge is 2.20. The van der Waals surface area contributed by atoms with Crippen LogP contribution in [-0.4, -0.2) is 21.5 Å². The molecule has 1 N–H and O–H groups in total. The molecule has 0 aromatic heterocycles. The molecule has 0 unspecified atom stereocenters. The number of carbonyl (C=O) groups excluding carboxylic acids is 1. The van der Waals surface area contributed by atoms with Crippen LogP contribution in [0.2, 0.25) is 15.1 Å². The summed E-state index contributed by atoms with van der Waals surface area (Å²) >= 11 is 17.6. The van der Waals surface area contributed by atoms with Crippen LogP contribution in [0.4, 0.5) is 5.69 Å². The lowest BCUT2D eigenvalue weighted by atomic mass is 10.2. The minimum absolute atomic E-state index is 0.0609. The van der Waals surface area contributed by atoms with Crippen LogP contribution >= 0.6 is 34.8 Å². The van der Waals surface area contributed by atoms with Crippen molar-refractivity contribution in [1.82, 2.24) is 0 Å². The number of rotatable bonds is 4. The zero-order valence-corrected chi connectivity index (χ0v) is 14.7. The van der Waals surface area contributed by atoms with Gasteiger partial charge in [0.2, 0.25) is 0 Å². The van der Waals surface area contributed by atoms with Crippen molar-refractivity contribution in [3.63, 3.8) is 0 Å². The second-order valence-electron chi connectivity index (χ2n) is 4.36. The Bertz CT molecular complexity index is 868. The van der Waals surface area contributed by atoms with Gasteiger partial charge in [-0.1, -0.05) is 34.8 Å². The molecule has 9 heteroatoms. The number of benzene rings is 2. The van der Waals surface area contributed by atoms with Gasteiger partial charge in [-0.25, -0.2) is 13.2 Å². The highest BCUT2D eigenvalue weighted by atomic mass is 35.5. The van der Waals surface area contributed by atoms with Crippen molar-refractivity contribution in [2.45, 2.75) is 4.90 Å². The molecule has 0 spiro atoms. The fourth-order valence-corrected chi connectivity index (χ4v) is 3.40. The summed E-state index contributed by atoms with van der Waals surface area (Å²) in [6.07, 6.45) is 0. The number of methoxy groups -OCH3 is 1. The standard InChI is InChI=1S/C14H10Cl3NO4S/c1-22-14(19)10-7-9(3-5-11(10)16)23(20,21)18-13-6-8(15)2-4-12(13)17/h2-7,18H,1H3. The van der Waals surface area contributed by atoms with Gasteiger partial charge in [-0.3, -0.25) is 4.72 Å². The van der Waals surface area contributed by atoms with Crippen LogP contribution in [0.25, 0.3) is 0 Å². The van der Waals surface area contributed by atoms with Crippen molar-refractivity contribution in [3.8, 4) is 0 Å². The van der Waals surface area contributed by atoms with Gasteiger partial charge < -0.3 is 4.74 Å². The van der Waals surface area contributed by atoms with Gasteiger partial charge in [-0.05, 0) is 36.4 Å². The Morgan fingerprint density at radius 1 is 1.04 bits per heavy atom. The quantitative estimate of drug-likeness (QED) is 0.788. The maximum absolute atomic E-state index is 12.4. The van der Waals surface area contributed by atoms with Gasteiger partial charge in [0, 0.05) is 5.02 Å². The summed E-state index contributed by atoms with van der Waals surface area (Å²) in [5, 5.41) is 0.579. The molecule has 0 aliphatic carbocycles. The Hall–Kier alpha value is -1.47. The second kappa shape index (κ2) is 6.97. The minimum Gasteiger partial charge on any atom is -0.465 e. The van der Waals surface area contributed by atoms with Crippen LogP contribution in [0, 0.1) is 0 Å². The molecular formula is C14H10Cl3NO4S. The SMILES string of the molecule is COC(=O)c1cc(S(=O)(=O)Nc2cc(Cl)ccc2Cl)ccc1Cl. The average Bonchev–Trinajstić information content (AvgIpc) is 2.50. The third-order valence-electron chi connectivity index (χ3n) is 2.83. The summed E-state index contributed by atoms with van der Waals surface area (Å²) in [5.41, 5.74) is 0.0583. The third kappa shape index (κ3) is 4.09. The van der Waals surface area contributed by atoms with E-state index >= 15 is 0 Å². The summed E-state index contributed by atoms with van der Waals surface area (Å²) in [5.74, 6) is -0.743. The topological polar surface area (TPSA) is 72.5 Å². The maximum atomic E-state index is 12.4. The molecule has 0 heterocycles. The first-order chi connectivity index (χ1) is 10.7. The minimum atomic E-state index is -3.99. The number of carbonyl (C=O) groups is 1. The Kier molecular flexibility index (Phi) is 5.41. The van der Waals surface area contributed by atoms with Gasteiger partial charge >= 0.3 is 5.97 Å². The largest absolute Gasteiger partial charge is 0.465 e. The lowest BCUT2D eigenvalue weighted by Crippen LogP contribution is -2.14. The summed E-state index contributed by atoms with van der Waals surface area (Å²) in [6.45, 7) is 0. The molecule has 2 aromatic rings. The first-order valence-corrected chi connectivity index (χ1v) is 8.72. The van der Waals surface area contributed by atoms with Gasteiger partial charge in [0.15, 0.2) is 0 Å². The third-order valence-corrected chi connectivity index (χ3v) is 5.08. The summed E-state index contributed by atoms with van der Waals surface area (Å²) in [7, 11) is -2.82. The van der Waals surface area contributed by atoms with Crippen LogP contribution in [0.1, 0.15) is 10.4 Å². The number of hydrogen-bond acceptors (Lipinski definition) is 4. The van der Waals surface area contributed by atoms with Gasteiger partial charge in [-0.2, -0.15) is 0 Å². The van der Waals surface area contributed by atoms with Gasteiger partial charge in [0.25, 0.3) is 10.0 Å². The van der Waals surface area contributed by atoms with Crippen molar-refractivity contribution in [3.05, 3.63) is 57.0 Å². The maximum Gasteiger partial charge on any atom is 0.339 e. The second-order valence-corrected chi connectivity index (χ2v) is 7.30. The predicted octanol–water partition coefficient (Wildman–Crippen LogP) is 4.23. The Balaban J connectivity index is 2.44. The number of esters is 1. The van der Waals surface area contributed by atoms with E-state index in [0.29, 0.717) is 5.02 Å². The monoisotopic (exact) mass is 393 g/mol. The van der Waals surface area contributed by atoms with Crippen molar-refractivity contribution < 1.29 is 17.9 Å². The normalized spacial score (nSPS) is 11.1. The van der Waals surface area contributed by atoms with Crippen molar-refractivity contribution in [2.75, 3.05) is 11.8 Å². The van der Waals surface area contributed by atoms with Crippen LogP contribution in [0.15, 0.2) is 41.3 Å². The van der Waals surface area contributed by atoms with Crippen LogP contribution in [0.5, 0.6) is 0 Å².